The van der Waals surface area contributed by atoms with Crippen LogP contribution in [0.4, 0.5) is 0 Å². The second kappa shape index (κ2) is 9.77. The molecule has 30 heavy (non-hydrogen) atoms. The van der Waals surface area contributed by atoms with Crippen LogP contribution in [0, 0.1) is 0 Å². The van der Waals surface area contributed by atoms with Gasteiger partial charge in [-0.25, -0.2) is 8.42 Å². The molecule has 9 nitrogen and oxygen atoms in total. The fourth-order valence-electron chi connectivity index (χ4n) is 3.18. The maximum absolute atomic E-state index is 12.6. The summed E-state index contributed by atoms with van der Waals surface area (Å²) in [6.07, 6.45) is 1.43. The van der Waals surface area contributed by atoms with Crippen LogP contribution < -0.4 is 10.1 Å². The highest BCUT2D eigenvalue weighted by atomic mass is 32.2. The molecule has 10 heteroatoms. The Kier molecular flexibility index (Phi) is 7.11. The third-order valence-corrected chi connectivity index (χ3v) is 6.60. The first-order chi connectivity index (χ1) is 14.4. The van der Waals surface area contributed by atoms with Gasteiger partial charge < -0.3 is 19.4 Å². The summed E-state index contributed by atoms with van der Waals surface area (Å²) >= 11 is 0. The van der Waals surface area contributed by atoms with Crippen molar-refractivity contribution in [1.82, 2.24) is 14.5 Å². The van der Waals surface area contributed by atoms with Crippen molar-refractivity contribution >= 4 is 21.8 Å². The fourth-order valence-corrected chi connectivity index (χ4v) is 4.52. The molecule has 0 saturated carbocycles. The van der Waals surface area contributed by atoms with Crippen molar-refractivity contribution in [3.05, 3.63) is 54.0 Å². The minimum atomic E-state index is -3.56. The van der Waals surface area contributed by atoms with Crippen LogP contribution in [0.25, 0.3) is 0 Å². The Hall–Kier alpha value is -2.85. The van der Waals surface area contributed by atoms with Crippen LogP contribution in [0.5, 0.6) is 5.75 Å². The number of piperazine rings is 1. The average molecular weight is 436 g/mol. The van der Waals surface area contributed by atoms with Crippen molar-refractivity contribution < 1.29 is 27.2 Å². The molecule has 3 rings (SSSR count). The minimum absolute atomic E-state index is 0.0207. The van der Waals surface area contributed by atoms with E-state index in [4.69, 9.17) is 9.15 Å². The Bertz CT molecular complexity index is 966. The van der Waals surface area contributed by atoms with E-state index in [0.717, 1.165) is 0 Å². The monoisotopic (exact) mass is 435 g/mol. The molecule has 1 saturated heterocycles. The molecule has 0 spiro atoms. The molecule has 0 atom stereocenters. The number of carbonyl (C=O) groups is 2. The largest absolute Gasteiger partial charge is 0.493 e. The van der Waals surface area contributed by atoms with Gasteiger partial charge in [0, 0.05) is 32.7 Å². The second-order valence-corrected chi connectivity index (χ2v) is 8.76. The zero-order chi connectivity index (χ0) is 21.6. The molecule has 1 aliphatic heterocycles. The number of carbonyl (C=O) groups excluding carboxylic acids is 2. The predicted molar refractivity (Wildman–Crippen MR) is 110 cm³/mol. The summed E-state index contributed by atoms with van der Waals surface area (Å²) in [6.45, 7) is 3.20. The Morgan fingerprint density at radius 3 is 2.50 bits per heavy atom. The van der Waals surface area contributed by atoms with Crippen molar-refractivity contribution in [1.29, 1.82) is 0 Å². The summed E-state index contributed by atoms with van der Waals surface area (Å²) in [5.41, 5.74) is 0.363. The van der Waals surface area contributed by atoms with Crippen LogP contribution in [0.2, 0.25) is 0 Å². The number of nitrogens with zero attached hydrogens (tertiary/aromatic N) is 2. The number of amides is 2. The van der Waals surface area contributed by atoms with Gasteiger partial charge in [0.25, 0.3) is 11.8 Å². The molecule has 1 aromatic heterocycles. The van der Waals surface area contributed by atoms with Gasteiger partial charge in [0.2, 0.25) is 10.0 Å². The lowest BCUT2D eigenvalue weighted by Crippen LogP contribution is -2.51. The van der Waals surface area contributed by atoms with Crippen molar-refractivity contribution in [3.8, 4) is 5.75 Å². The number of nitrogens with one attached hydrogen (secondary N) is 1. The zero-order valence-corrected chi connectivity index (χ0v) is 17.6. The number of rotatable bonds is 8. The van der Waals surface area contributed by atoms with Crippen molar-refractivity contribution in [2.75, 3.05) is 45.1 Å². The van der Waals surface area contributed by atoms with E-state index < -0.39 is 10.0 Å². The molecule has 0 unspecified atom stereocenters. The molecule has 2 heterocycles. The van der Waals surface area contributed by atoms with Gasteiger partial charge in [0.1, 0.15) is 5.75 Å². The Morgan fingerprint density at radius 2 is 1.83 bits per heavy atom. The molecule has 1 N–H and O–H groups in total. The summed E-state index contributed by atoms with van der Waals surface area (Å²) in [5.74, 6) is -0.166. The zero-order valence-electron chi connectivity index (χ0n) is 16.7. The average Bonchev–Trinajstić information content (AvgIpc) is 3.29. The van der Waals surface area contributed by atoms with Crippen LogP contribution in [0.15, 0.2) is 47.1 Å². The first-order valence-electron chi connectivity index (χ1n) is 9.73. The molecular weight excluding hydrogens is 410 g/mol. The Balaban J connectivity index is 1.49. The van der Waals surface area contributed by atoms with Crippen LogP contribution >= 0.6 is 0 Å². The molecule has 1 fully saturated rings. The lowest BCUT2D eigenvalue weighted by atomic mass is 10.2. The molecule has 2 amide bonds. The maximum Gasteiger partial charge on any atom is 0.289 e. The van der Waals surface area contributed by atoms with E-state index in [2.05, 4.69) is 5.32 Å². The quantitative estimate of drug-likeness (QED) is 0.667. The molecule has 1 aliphatic rings. The van der Waals surface area contributed by atoms with E-state index >= 15 is 0 Å². The van der Waals surface area contributed by atoms with Gasteiger partial charge in [-0.15, -0.1) is 0 Å². The normalized spacial score (nSPS) is 15.0. The maximum atomic E-state index is 12.6. The van der Waals surface area contributed by atoms with E-state index in [1.54, 1.807) is 41.3 Å². The van der Waals surface area contributed by atoms with Crippen molar-refractivity contribution in [2.45, 2.75) is 6.92 Å². The summed E-state index contributed by atoms with van der Waals surface area (Å²) < 4.78 is 37.1. The first kappa shape index (κ1) is 21.8. The topological polar surface area (TPSA) is 109 Å². The number of sulfonamides is 1. The standard InChI is InChI=1S/C20H25N3O6S/c1-2-28-17-7-4-3-6-16(17)19(24)21-9-15-30(26,27)23-12-10-22(11-13-23)20(25)18-8-5-14-29-18/h3-8,14H,2,9-13,15H2,1H3,(H,21,24). The summed E-state index contributed by atoms with van der Waals surface area (Å²) in [7, 11) is -3.56. The molecule has 0 bridgehead atoms. The number of para-hydroxylation sites is 1. The SMILES string of the molecule is CCOc1ccccc1C(=O)NCCS(=O)(=O)N1CCN(C(=O)c2ccco2)CC1. The summed E-state index contributed by atoms with van der Waals surface area (Å²) in [6, 6.07) is 10.0. The van der Waals surface area contributed by atoms with E-state index in [1.165, 1.54) is 10.6 Å². The summed E-state index contributed by atoms with van der Waals surface area (Å²) in [5, 5.41) is 2.64. The molecule has 162 valence electrons. The van der Waals surface area contributed by atoms with Gasteiger partial charge in [0.15, 0.2) is 5.76 Å². The molecule has 0 radical (unpaired) electrons. The van der Waals surface area contributed by atoms with Gasteiger partial charge in [-0.1, -0.05) is 12.1 Å². The lowest BCUT2D eigenvalue weighted by Gasteiger charge is -2.33. The number of furan rings is 1. The lowest BCUT2D eigenvalue weighted by molar-refractivity contribution is 0.0665. The van der Waals surface area contributed by atoms with Gasteiger partial charge >= 0.3 is 0 Å². The number of hydrogen-bond acceptors (Lipinski definition) is 6. The highest BCUT2D eigenvalue weighted by Gasteiger charge is 2.29. The molecule has 2 aromatic rings. The van der Waals surface area contributed by atoms with Crippen LogP contribution in [-0.4, -0.2) is 74.5 Å². The van der Waals surface area contributed by atoms with Gasteiger partial charge in [-0.3, -0.25) is 9.59 Å². The third kappa shape index (κ3) is 5.19. The first-order valence-corrected chi connectivity index (χ1v) is 11.3. The number of ether oxygens (including phenoxy) is 1. The van der Waals surface area contributed by atoms with Gasteiger partial charge in [0.05, 0.1) is 24.2 Å². The fraction of sp³-hybridized carbons (Fsp3) is 0.400. The van der Waals surface area contributed by atoms with Crippen LogP contribution in [-0.2, 0) is 10.0 Å². The van der Waals surface area contributed by atoms with Gasteiger partial charge in [-0.2, -0.15) is 4.31 Å². The number of benzene rings is 1. The van der Waals surface area contributed by atoms with Crippen molar-refractivity contribution in [2.24, 2.45) is 0 Å². The van der Waals surface area contributed by atoms with E-state index in [1.807, 2.05) is 6.92 Å². The third-order valence-electron chi connectivity index (χ3n) is 4.73. The summed E-state index contributed by atoms with van der Waals surface area (Å²) in [4.78, 5) is 26.2. The predicted octanol–water partition coefficient (Wildman–Crippen LogP) is 1.20. The highest BCUT2D eigenvalue weighted by Crippen LogP contribution is 2.17. The van der Waals surface area contributed by atoms with E-state index in [0.29, 0.717) is 17.9 Å². The Morgan fingerprint density at radius 1 is 1.10 bits per heavy atom. The van der Waals surface area contributed by atoms with E-state index in [-0.39, 0.29) is 56.1 Å². The van der Waals surface area contributed by atoms with Crippen LogP contribution in [0.1, 0.15) is 27.8 Å². The highest BCUT2D eigenvalue weighted by molar-refractivity contribution is 7.89. The molecule has 1 aromatic carbocycles. The number of hydrogen-bond donors (Lipinski definition) is 1. The molecular formula is C20H25N3O6S. The van der Waals surface area contributed by atoms with Gasteiger partial charge in [-0.05, 0) is 31.2 Å². The van der Waals surface area contributed by atoms with Crippen LogP contribution in [0.3, 0.4) is 0 Å². The smallest absolute Gasteiger partial charge is 0.289 e. The second-order valence-electron chi connectivity index (χ2n) is 6.67. The molecule has 0 aliphatic carbocycles. The Labute approximate surface area is 175 Å². The minimum Gasteiger partial charge on any atom is -0.493 e. The van der Waals surface area contributed by atoms with Crippen molar-refractivity contribution in [3.63, 3.8) is 0 Å². The van der Waals surface area contributed by atoms with E-state index in [9.17, 15) is 18.0 Å².